The van der Waals surface area contributed by atoms with Gasteiger partial charge in [-0.2, -0.15) is 0 Å². The molecule has 1 heterocycles. The molecule has 0 saturated carbocycles. The van der Waals surface area contributed by atoms with E-state index >= 15 is 0 Å². The van der Waals surface area contributed by atoms with Crippen molar-refractivity contribution in [2.45, 2.75) is 0 Å². The molecule has 0 fully saturated rings. The summed E-state index contributed by atoms with van der Waals surface area (Å²) in [7, 11) is 0.292. The lowest BCUT2D eigenvalue weighted by atomic mass is 10.3. The third-order valence-electron chi connectivity index (χ3n) is 1.55. The minimum atomic E-state index is 0.292. The van der Waals surface area contributed by atoms with Crippen LogP contribution in [0.15, 0.2) is 36.3 Å². The van der Waals surface area contributed by atoms with Crippen molar-refractivity contribution in [2.24, 2.45) is 0 Å². The van der Waals surface area contributed by atoms with Crippen molar-refractivity contribution < 1.29 is 0 Å². The van der Waals surface area contributed by atoms with Crippen LogP contribution in [0, 0.1) is 0 Å². The Bertz CT molecular complexity index is 280. The normalized spacial score (nSPS) is 10.0. The second kappa shape index (κ2) is 2.31. The van der Waals surface area contributed by atoms with E-state index in [2.05, 4.69) is 29.2 Å². The minimum absolute atomic E-state index is 0.292. The summed E-state index contributed by atoms with van der Waals surface area (Å²) >= 11 is 0. The van der Waals surface area contributed by atoms with E-state index in [1.165, 1.54) is 10.4 Å². The fourth-order valence-corrected chi connectivity index (χ4v) is 1.95. The molecule has 0 spiro atoms. The van der Waals surface area contributed by atoms with E-state index in [4.69, 9.17) is 0 Å². The van der Waals surface area contributed by atoms with Crippen molar-refractivity contribution >= 4 is 19.5 Å². The molecule has 10 heavy (non-hydrogen) atoms. The predicted octanol–water partition coefficient (Wildman–Crippen LogP) is 1.31. The van der Waals surface area contributed by atoms with Crippen LogP contribution in [0.4, 0.5) is 0 Å². The molecular weight excluding hydrogens is 138 g/mol. The van der Waals surface area contributed by atoms with Crippen molar-refractivity contribution in [3.05, 3.63) is 36.3 Å². The first-order valence-corrected chi connectivity index (χ1v) is 4.50. The summed E-state index contributed by atoms with van der Waals surface area (Å²) in [6, 6.07) is 8.42. The van der Waals surface area contributed by atoms with Crippen molar-refractivity contribution in [3.8, 4) is 0 Å². The average molecular weight is 145 g/mol. The third kappa shape index (κ3) is 0.865. The lowest BCUT2D eigenvalue weighted by Gasteiger charge is -1.91. The van der Waals surface area contributed by atoms with Crippen LogP contribution >= 0.6 is 0 Å². The van der Waals surface area contributed by atoms with E-state index in [0.717, 1.165) is 0 Å². The summed E-state index contributed by atoms with van der Waals surface area (Å²) in [5.74, 6) is 2.02. The van der Waals surface area contributed by atoms with Gasteiger partial charge in [0.25, 0.3) is 0 Å². The zero-order valence-corrected chi connectivity index (χ0v) is 6.64. The Hall–Kier alpha value is -1.02. The van der Waals surface area contributed by atoms with Gasteiger partial charge in [-0.15, -0.1) is 0 Å². The fraction of sp³-hybridized carbons (Fsp3) is 0. The quantitative estimate of drug-likeness (QED) is 0.509. The molecule has 2 heteroatoms. The Balaban J connectivity index is 2.89. The van der Waals surface area contributed by atoms with Crippen LogP contribution in [0.3, 0.4) is 0 Å². The van der Waals surface area contributed by atoms with Gasteiger partial charge in [-0.25, -0.2) is 0 Å². The van der Waals surface area contributed by atoms with Crippen LogP contribution in [-0.4, -0.2) is 14.1 Å². The topological polar surface area (TPSA) is 12.9 Å². The molecular formula is C8H7NSi. The molecule has 0 bridgehead atoms. The van der Waals surface area contributed by atoms with Crippen LogP contribution in [0.25, 0.3) is 10.4 Å². The highest BCUT2D eigenvalue weighted by Crippen LogP contribution is 2.05. The molecule has 2 rings (SSSR count). The fourth-order valence-electron chi connectivity index (χ4n) is 1.03. The molecule has 2 aromatic rings. The summed E-state index contributed by atoms with van der Waals surface area (Å²) in [6.45, 7) is 0. The highest BCUT2D eigenvalue weighted by molar-refractivity contribution is 6.45. The molecule has 0 radical (unpaired) electrons. The lowest BCUT2D eigenvalue weighted by molar-refractivity contribution is 1.41. The number of hydrogen-bond acceptors (Lipinski definition) is 1. The Morgan fingerprint density at radius 1 is 1.20 bits per heavy atom. The maximum Gasteiger partial charge on any atom is 0.0538 e. The SMILES string of the molecule is c1ccc2[siH]cncc2c1. The molecule has 0 unspecified atom stereocenters. The van der Waals surface area contributed by atoms with Gasteiger partial charge >= 0.3 is 0 Å². The number of hydrogen-bond donors (Lipinski definition) is 0. The number of rotatable bonds is 0. The molecule has 0 aliphatic rings. The summed E-state index contributed by atoms with van der Waals surface area (Å²) < 4.78 is 0. The Kier molecular flexibility index (Phi) is 1.32. The number of nitrogens with zero attached hydrogens (tertiary/aromatic N) is 1. The molecule has 0 amide bonds. The maximum atomic E-state index is 4.11. The van der Waals surface area contributed by atoms with Gasteiger partial charge in [0.15, 0.2) is 0 Å². The van der Waals surface area contributed by atoms with Gasteiger partial charge in [-0.05, 0) is 10.4 Å². The van der Waals surface area contributed by atoms with Crippen molar-refractivity contribution in [1.82, 2.24) is 4.98 Å². The monoisotopic (exact) mass is 145 g/mol. The standard InChI is InChI=1S/C8H7NSi/c1-2-4-8-7(3-1)5-9-6-10-8/h1-6,10H. The van der Waals surface area contributed by atoms with Gasteiger partial charge in [0.05, 0.1) is 9.12 Å². The Labute approximate surface area is 61.5 Å². The van der Waals surface area contributed by atoms with Gasteiger partial charge in [-0.3, -0.25) is 4.98 Å². The van der Waals surface area contributed by atoms with E-state index in [1.807, 2.05) is 12.0 Å². The van der Waals surface area contributed by atoms with Gasteiger partial charge in [-0.1, -0.05) is 24.3 Å². The van der Waals surface area contributed by atoms with Crippen LogP contribution < -0.4 is 0 Å². The summed E-state index contributed by atoms with van der Waals surface area (Å²) in [5, 5.41) is 1.29. The average Bonchev–Trinajstić information content (AvgIpc) is 2.05. The Morgan fingerprint density at radius 2 is 2.10 bits per heavy atom. The first-order chi connectivity index (χ1) is 4.97. The predicted molar refractivity (Wildman–Crippen MR) is 44.5 cm³/mol. The molecule has 1 aromatic carbocycles. The highest BCUT2D eigenvalue weighted by Gasteiger charge is 1.86. The van der Waals surface area contributed by atoms with Crippen molar-refractivity contribution in [3.63, 3.8) is 0 Å². The molecule has 0 saturated heterocycles. The molecule has 1 aromatic heterocycles. The third-order valence-corrected chi connectivity index (χ3v) is 2.76. The summed E-state index contributed by atoms with van der Waals surface area (Å²) in [6.07, 6.45) is 1.92. The van der Waals surface area contributed by atoms with E-state index in [0.29, 0.717) is 9.12 Å². The highest BCUT2D eigenvalue weighted by atomic mass is 28.2. The van der Waals surface area contributed by atoms with Gasteiger partial charge in [0.2, 0.25) is 0 Å². The molecule has 0 aliphatic carbocycles. The minimum Gasteiger partial charge on any atom is -0.269 e. The molecule has 0 N–H and O–H groups in total. The van der Waals surface area contributed by atoms with E-state index in [9.17, 15) is 0 Å². The lowest BCUT2D eigenvalue weighted by Crippen LogP contribution is -1.78. The van der Waals surface area contributed by atoms with Gasteiger partial charge in [0.1, 0.15) is 0 Å². The van der Waals surface area contributed by atoms with Crippen LogP contribution in [0.2, 0.25) is 0 Å². The van der Waals surface area contributed by atoms with Gasteiger partial charge < -0.3 is 0 Å². The zero-order valence-electron chi connectivity index (χ0n) is 5.49. The smallest absolute Gasteiger partial charge is 0.0538 e. The molecule has 0 aliphatic heterocycles. The maximum absolute atomic E-state index is 4.11. The largest absolute Gasteiger partial charge is 0.269 e. The van der Waals surface area contributed by atoms with Crippen LogP contribution in [0.1, 0.15) is 0 Å². The second-order valence-corrected chi connectivity index (χ2v) is 3.48. The number of benzene rings is 1. The summed E-state index contributed by atoms with van der Waals surface area (Å²) in [5.41, 5.74) is 0. The van der Waals surface area contributed by atoms with Crippen molar-refractivity contribution in [2.75, 3.05) is 0 Å². The second-order valence-electron chi connectivity index (χ2n) is 2.22. The molecule has 1 nitrogen and oxygen atoms in total. The van der Waals surface area contributed by atoms with Crippen LogP contribution in [0.5, 0.6) is 0 Å². The van der Waals surface area contributed by atoms with E-state index in [-0.39, 0.29) is 0 Å². The summed E-state index contributed by atoms with van der Waals surface area (Å²) in [4.78, 5) is 5.56. The van der Waals surface area contributed by atoms with E-state index < -0.39 is 0 Å². The first kappa shape index (κ1) is 5.74. The first-order valence-electron chi connectivity index (χ1n) is 3.25. The van der Waals surface area contributed by atoms with E-state index in [1.54, 1.807) is 0 Å². The Morgan fingerprint density at radius 3 is 3.00 bits per heavy atom. The van der Waals surface area contributed by atoms with Crippen molar-refractivity contribution in [1.29, 1.82) is 0 Å². The molecule has 0 atom stereocenters. The van der Waals surface area contributed by atoms with Crippen LogP contribution in [-0.2, 0) is 0 Å². The molecule has 48 valence electrons. The van der Waals surface area contributed by atoms with Gasteiger partial charge in [0, 0.05) is 12.0 Å². The number of fused-ring (bicyclic) bond motifs is 1. The zero-order chi connectivity index (χ0) is 6.81. The number of aromatic nitrogens is 1.